The molecule has 0 atom stereocenters. The van der Waals surface area contributed by atoms with Gasteiger partial charge in [0.15, 0.2) is 22.7 Å². The molecule has 0 saturated heterocycles. The Hall–Kier alpha value is -8.20. The van der Waals surface area contributed by atoms with Gasteiger partial charge in [-0.2, -0.15) is 10.5 Å². The van der Waals surface area contributed by atoms with Crippen molar-refractivity contribution >= 4 is 56.5 Å². The number of fused-ring (bicyclic) bond motifs is 2. The van der Waals surface area contributed by atoms with E-state index in [4.69, 9.17) is 9.97 Å². The van der Waals surface area contributed by atoms with Gasteiger partial charge >= 0.3 is 0 Å². The van der Waals surface area contributed by atoms with Crippen molar-refractivity contribution in [2.45, 2.75) is 0 Å². The van der Waals surface area contributed by atoms with Gasteiger partial charge in [0, 0.05) is 34.1 Å². The van der Waals surface area contributed by atoms with E-state index in [2.05, 4.69) is 117 Å². The molecule has 2 aromatic heterocycles. The smallest absolute Gasteiger partial charge is 0.199 e. The number of hydrogen-bond donors (Lipinski definition) is 0. The number of anilines is 6. The Labute approximate surface area is 323 Å². The van der Waals surface area contributed by atoms with Crippen LogP contribution in [0.3, 0.4) is 0 Å². The highest BCUT2D eigenvalue weighted by Crippen LogP contribution is 2.41. The van der Waals surface area contributed by atoms with Gasteiger partial charge in [0.05, 0.1) is 11.0 Å². The predicted octanol–water partition coefficient (Wildman–Crippen LogP) is 11.6. The minimum atomic E-state index is -0.0809. The van der Waals surface area contributed by atoms with Gasteiger partial charge in [-0.05, 0) is 107 Å². The van der Waals surface area contributed by atoms with E-state index in [1.807, 2.05) is 97.1 Å². The predicted molar refractivity (Wildman–Crippen MR) is 222 cm³/mol. The number of hydrogen-bond acceptors (Lipinski definition) is 8. The second-order valence-corrected chi connectivity index (χ2v) is 13.0. The minimum absolute atomic E-state index is 0.0809. The lowest BCUT2D eigenvalue weighted by Crippen LogP contribution is -2.09. The van der Waals surface area contributed by atoms with Crippen molar-refractivity contribution in [3.05, 3.63) is 193 Å². The molecule has 8 heteroatoms. The molecule has 0 aliphatic rings. The quantitative estimate of drug-likeness (QED) is 0.143. The van der Waals surface area contributed by atoms with Crippen molar-refractivity contribution in [2.75, 3.05) is 9.80 Å². The average Bonchev–Trinajstić information content (AvgIpc) is 3.27. The van der Waals surface area contributed by atoms with Crippen LogP contribution in [-0.4, -0.2) is 19.9 Å². The number of nitrogens with zero attached hydrogens (tertiary/aromatic N) is 8. The van der Waals surface area contributed by atoms with E-state index in [1.165, 1.54) is 0 Å². The lowest BCUT2D eigenvalue weighted by Gasteiger charge is -2.26. The summed E-state index contributed by atoms with van der Waals surface area (Å²) >= 11 is 0. The molecule has 9 rings (SSSR count). The van der Waals surface area contributed by atoms with Crippen LogP contribution >= 0.6 is 0 Å². The summed E-state index contributed by atoms with van der Waals surface area (Å²) in [5.41, 5.74) is 11.5. The van der Waals surface area contributed by atoms with E-state index >= 15 is 0 Å². The molecule has 8 nitrogen and oxygen atoms in total. The summed E-state index contributed by atoms with van der Waals surface area (Å²) in [4.78, 5) is 22.7. The third-order valence-electron chi connectivity index (χ3n) is 9.57. The number of benzene rings is 7. The zero-order valence-corrected chi connectivity index (χ0v) is 29.9. The monoisotopic (exact) mass is 718 g/mol. The van der Waals surface area contributed by atoms with Crippen LogP contribution in [0.2, 0.25) is 0 Å². The van der Waals surface area contributed by atoms with Crippen molar-refractivity contribution in [2.24, 2.45) is 0 Å². The SMILES string of the molecule is N#Cc1nc2nc3cc(-c4ccc(N(c5ccccc5)c5ccccc5)cc4)c(-c4ccc(N(c5ccccc5)c5ccccc5)cc4)cc3nc2nc1C#N. The van der Waals surface area contributed by atoms with Gasteiger partial charge in [-0.25, -0.2) is 19.9 Å². The van der Waals surface area contributed by atoms with Crippen LogP contribution in [-0.2, 0) is 0 Å². The van der Waals surface area contributed by atoms with Gasteiger partial charge in [0.2, 0.25) is 0 Å². The fraction of sp³-hybridized carbons (Fsp3) is 0. The molecule has 0 saturated carbocycles. The van der Waals surface area contributed by atoms with Crippen LogP contribution in [0.5, 0.6) is 0 Å². The van der Waals surface area contributed by atoms with Crippen molar-refractivity contribution in [3.8, 4) is 34.4 Å². The lowest BCUT2D eigenvalue weighted by molar-refractivity contribution is 1.14. The third kappa shape index (κ3) is 6.40. The van der Waals surface area contributed by atoms with E-state index in [9.17, 15) is 10.5 Å². The zero-order valence-electron chi connectivity index (χ0n) is 29.9. The van der Waals surface area contributed by atoms with Crippen molar-refractivity contribution in [3.63, 3.8) is 0 Å². The van der Waals surface area contributed by atoms with Gasteiger partial charge in [-0.1, -0.05) is 97.1 Å². The molecule has 0 N–H and O–H groups in total. The first-order chi connectivity index (χ1) is 27.7. The highest BCUT2D eigenvalue weighted by atomic mass is 15.1. The van der Waals surface area contributed by atoms with E-state index in [-0.39, 0.29) is 22.7 Å². The largest absolute Gasteiger partial charge is 0.311 e. The van der Waals surface area contributed by atoms with E-state index < -0.39 is 0 Å². The molecular formula is C48H30N8. The molecule has 2 heterocycles. The molecule has 0 amide bonds. The summed E-state index contributed by atoms with van der Waals surface area (Å²) < 4.78 is 0. The van der Waals surface area contributed by atoms with E-state index in [0.717, 1.165) is 56.4 Å². The zero-order chi connectivity index (χ0) is 37.8. The Morgan fingerprint density at radius 3 is 0.911 bits per heavy atom. The molecule has 0 fully saturated rings. The normalized spacial score (nSPS) is 10.8. The van der Waals surface area contributed by atoms with Crippen LogP contribution in [0.4, 0.5) is 34.1 Å². The number of nitriles is 2. The molecular weight excluding hydrogens is 689 g/mol. The van der Waals surface area contributed by atoms with Gasteiger partial charge in [-0.3, -0.25) is 0 Å². The summed E-state index contributed by atoms with van der Waals surface area (Å²) in [6, 6.07) is 66.2. The maximum Gasteiger partial charge on any atom is 0.199 e. The third-order valence-corrected chi connectivity index (χ3v) is 9.57. The van der Waals surface area contributed by atoms with Crippen LogP contribution in [0.15, 0.2) is 182 Å². The molecule has 0 radical (unpaired) electrons. The summed E-state index contributed by atoms with van der Waals surface area (Å²) in [5.74, 6) is 0. The first-order valence-corrected chi connectivity index (χ1v) is 18.0. The molecule has 262 valence electrons. The van der Waals surface area contributed by atoms with Crippen molar-refractivity contribution in [1.29, 1.82) is 10.5 Å². The minimum Gasteiger partial charge on any atom is -0.311 e. The maximum absolute atomic E-state index is 9.61. The second-order valence-electron chi connectivity index (χ2n) is 13.0. The van der Waals surface area contributed by atoms with Crippen molar-refractivity contribution < 1.29 is 0 Å². The van der Waals surface area contributed by atoms with E-state index in [0.29, 0.717) is 11.0 Å². The van der Waals surface area contributed by atoms with Gasteiger partial charge < -0.3 is 9.80 Å². The summed E-state index contributed by atoms with van der Waals surface area (Å²) in [5, 5.41) is 19.2. The number of rotatable bonds is 8. The maximum atomic E-state index is 9.61. The highest BCUT2D eigenvalue weighted by Gasteiger charge is 2.18. The summed E-state index contributed by atoms with van der Waals surface area (Å²) in [6.07, 6.45) is 0. The Bertz CT molecular complexity index is 2630. The Kier molecular flexibility index (Phi) is 8.81. The van der Waals surface area contributed by atoms with E-state index in [1.54, 1.807) is 0 Å². The fourth-order valence-corrected chi connectivity index (χ4v) is 6.97. The molecule has 0 aliphatic carbocycles. The first kappa shape index (κ1) is 33.6. The van der Waals surface area contributed by atoms with Crippen LogP contribution in [0.1, 0.15) is 11.4 Å². The number of aromatic nitrogens is 4. The second kappa shape index (κ2) is 14.7. The molecule has 0 aliphatic heterocycles. The Morgan fingerprint density at radius 2 is 0.625 bits per heavy atom. The Balaban J connectivity index is 1.19. The van der Waals surface area contributed by atoms with Crippen LogP contribution < -0.4 is 9.80 Å². The topological polar surface area (TPSA) is 106 Å². The molecule has 0 bridgehead atoms. The highest BCUT2D eigenvalue weighted by molar-refractivity contribution is 5.96. The van der Waals surface area contributed by atoms with Crippen LogP contribution in [0, 0.1) is 22.7 Å². The standard InChI is InChI=1S/C48H30N8/c49-31-45-46(32-50)54-48-47(53-45)51-43-29-41(33-21-25-39(26-22-33)55(35-13-5-1-6-14-35)36-15-7-2-8-16-36)42(30-44(43)52-48)34-23-27-40(28-24-34)56(37-17-9-3-10-18-37)38-19-11-4-12-20-38/h1-30H. The van der Waals surface area contributed by atoms with Gasteiger partial charge in [0.1, 0.15) is 12.1 Å². The summed E-state index contributed by atoms with van der Waals surface area (Å²) in [6.45, 7) is 0. The van der Waals surface area contributed by atoms with Crippen LogP contribution in [0.25, 0.3) is 44.6 Å². The van der Waals surface area contributed by atoms with Gasteiger partial charge in [-0.15, -0.1) is 0 Å². The molecule has 56 heavy (non-hydrogen) atoms. The number of para-hydroxylation sites is 4. The molecule has 0 unspecified atom stereocenters. The molecule has 9 aromatic rings. The first-order valence-electron chi connectivity index (χ1n) is 18.0. The fourth-order valence-electron chi connectivity index (χ4n) is 6.97. The summed E-state index contributed by atoms with van der Waals surface area (Å²) in [7, 11) is 0. The Morgan fingerprint density at radius 1 is 0.339 bits per heavy atom. The van der Waals surface area contributed by atoms with Gasteiger partial charge in [0.25, 0.3) is 0 Å². The molecule has 7 aromatic carbocycles. The average molecular weight is 719 g/mol. The molecule has 0 spiro atoms. The van der Waals surface area contributed by atoms with Crippen molar-refractivity contribution in [1.82, 2.24) is 19.9 Å². The lowest BCUT2D eigenvalue weighted by atomic mass is 9.93.